The van der Waals surface area contributed by atoms with Gasteiger partial charge in [-0.1, -0.05) is 11.6 Å². The lowest BCUT2D eigenvalue weighted by molar-refractivity contribution is 0.138. The number of rotatable bonds is 5. The highest BCUT2D eigenvalue weighted by Crippen LogP contribution is 2.07. The van der Waals surface area contributed by atoms with Crippen molar-refractivity contribution >= 4 is 24.3 Å². The predicted octanol–water partition coefficient (Wildman–Crippen LogP) is 2.28. The molecule has 0 unspecified atom stereocenters. The fraction of sp³-hybridized carbons (Fsp3) is 0.545. The average Bonchev–Trinajstić information content (AvgIpc) is 2.15. The summed E-state index contributed by atoms with van der Waals surface area (Å²) >= 11 is 6.06. The van der Waals surface area contributed by atoms with E-state index in [1.165, 1.54) is 0 Å². The van der Waals surface area contributed by atoms with Crippen LogP contribution in [-0.4, -0.2) is 24.3 Å². The molecule has 5 heteroatoms. The SMILES string of the molecule is CC(C)OB(OC(C)C)c1ncccc1Cl. The maximum absolute atomic E-state index is 6.06. The van der Waals surface area contributed by atoms with Crippen molar-refractivity contribution in [2.45, 2.75) is 39.9 Å². The molecule has 1 heterocycles. The molecule has 0 radical (unpaired) electrons. The molecule has 0 saturated heterocycles. The first-order valence-electron chi connectivity index (χ1n) is 5.42. The van der Waals surface area contributed by atoms with Gasteiger partial charge in [-0.05, 0) is 39.8 Å². The standard InChI is InChI=1S/C11H17BClNO2/c1-8(2)15-12(16-9(3)4)11-10(13)6-5-7-14-11/h5-9H,1-4H3. The quantitative estimate of drug-likeness (QED) is 0.741. The lowest BCUT2D eigenvalue weighted by Gasteiger charge is -2.19. The van der Waals surface area contributed by atoms with Gasteiger partial charge in [-0.15, -0.1) is 0 Å². The number of hydrogen-bond donors (Lipinski definition) is 0. The number of aromatic nitrogens is 1. The zero-order valence-electron chi connectivity index (χ0n) is 10.1. The third-order valence-electron chi connectivity index (χ3n) is 1.80. The molecular weight excluding hydrogens is 224 g/mol. The summed E-state index contributed by atoms with van der Waals surface area (Å²) in [5.74, 6) is 0. The molecule has 0 saturated carbocycles. The van der Waals surface area contributed by atoms with Gasteiger partial charge in [0.25, 0.3) is 0 Å². The molecule has 0 atom stereocenters. The third-order valence-corrected chi connectivity index (χ3v) is 2.12. The molecule has 0 bridgehead atoms. The van der Waals surface area contributed by atoms with Crippen molar-refractivity contribution in [1.29, 1.82) is 0 Å². The molecule has 1 aromatic heterocycles. The molecule has 0 amide bonds. The van der Waals surface area contributed by atoms with Gasteiger partial charge >= 0.3 is 7.12 Å². The van der Waals surface area contributed by atoms with E-state index in [0.29, 0.717) is 10.6 Å². The van der Waals surface area contributed by atoms with E-state index >= 15 is 0 Å². The van der Waals surface area contributed by atoms with Crippen LogP contribution in [0.4, 0.5) is 0 Å². The van der Waals surface area contributed by atoms with Gasteiger partial charge in [0.2, 0.25) is 0 Å². The normalized spacial score (nSPS) is 11.2. The van der Waals surface area contributed by atoms with E-state index in [1.54, 1.807) is 18.3 Å². The minimum atomic E-state index is -0.506. The summed E-state index contributed by atoms with van der Waals surface area (Å²) in [6, 6.07) is 3.57. The fourth-order valence-corrected chi connectivity index (χ4v) is 1.44. The highest BCUT2D eigenvalue weighted by atomic mass is 35.5. The first-order valence-corrected chi connectivity index (χ1v) is 5.79. The molecular formula is C11H17BClNO2. The van der Waals surface area contributed by atoms with Crippen LogP contribution >= 0.6 is 11.6 Å². The van der Waals surface area contributed by atoms with Crippen LogP contribution in [0.2, 0.25) is 5.02 Å². The number of nitrogens with zero attached hydrogens (tertiary/aromatic N) is 1. The summed E-state index contributed by atoms with van der Waals surface area (Å²) in [6.45, 7) is 7.81. The number of halogens is 1. The monoisotopic (exact) mass is 241 g/mol. The van der Waals surface area contributed by atoms with E-state index in [9.17, 15) is 0 Å². The maximum Gasteiger partial charge on any atom is 0.515 e. The second kappa shape index (κ2) is 6.23. The van der Waals surface area contributed by atoms with Crippen LogP contribution in [0.15, 0.2) is 18.3 Å². The first-order chi connectivity index (χ1) is 7.50. The topological polar surface area (TPSA) is 31.4 Å². The maximum atomic E-state index is 6.06. The summed E-state index contributed by atoms with van der Waals surface area (Å²) < 4.78 is 11.3. The van der Waals surface area contributed by atoms with Crippen LogP contribution in [0.1, 0.15) is 27.7 Å². The van der Waals surface area contributed by atoms with Gasteiger partial charge in [0.1, 0.15) is 0 Å². The molecule has 1 aromatic rings. The van der Waals surface area contributed by atoms with E-state index in [-0.39, 0.29) is 12.2 Å². The highest BCUT2D eigenvalue weighted by Gasteiger charge is 2.27. The summed E-state index contributed by atoms with van der Waals surface area (Å²) in [5.41, 5.74) is 0.631. The van der Waals surface area contributed by atoms with Crippen LogP contribution in [0.3, 0.4) is 0 Å². The van der Waals surface area contributed by atoms with Gasteiger partial charge in [0, 0.05) is 18.4 Å². The Morgan fingerprint density at radius 3 is 2.19 bits per heavy atom. The zero-order valence-corrected chi connectivity index (χ0v) is 10.9. The minimum absolute atomic E-state index is 0.0572. The molecule has 0 aliphatic carbocycles. The van der Waals surface area contributed by atoms with Gasteiger partial charge < -0.3 is 9.31 Å². The lowest BCUT2D eigenvalue weighted by Crippen LogP contribution is -2.43. The Morgan fingerprint density at radius 2 is 1.75 bits per heavy atom. The van der Waals surface area contributed by atoms with E-state index in [0.717, 1.165) is 0 Å². The second-order valence-corrected chi connectivity index (χ2v) is 4.48. The molecule has 0 fully saturated rings. The van der Waals surface area contributed by atoms with Crippen LogP contribution in [0.25, 0.3) is 0 Å². The van der Waals surface area contributed by atoms with E-state index < -0.39 is 7.12 Å². The Morgan fingerprint density at radius 1 is 1.19 bits per heavy atom. The Bertz CT molecular complexity index is 324. The second-order valence-electron chi connectivity index (χ2n) is 4.07. The Balaban J connectivity index is 2.87. The highest BCUT2D eigenvalue weighted by molar-refractivity contribution is 6.64. The molecule has 0 aliphatic rings. The van der Waals surface area contributed by atoms with Gasteiger partial charge in [-0.3, -0.25) is 4.98 Å². The molecule has 0 aromatic carbocycles. The summed E-state index contributed by atoms with van der Waals surface area (Å²) in [6.07, 6.45) is 1.80. The van der Waals surface area contributed by atoms with Crippen LogP contribution in [0.5, 0.6) is 0 Å². The zero-order chi connectivity index (χ0) is 12.1. The third kappa shape index (κ3) is 4.12. The van der Waals surface area contributed by atoms with Gasteiger partial charge in [-0.2, -0.15) is 0 Å². The molecule has 16 heavy (non-hydrogen) atoms. The molecule has 0 N–H and O–H groups in total. The molecule has 1 rings (SSSR count). The van der Waals surface area contributed by atoms with Crippen LogP contribution < -0.4 is 5.59 Å². The van der Waals surface area contributed by atoms with Crippen molar-refractivity contribution < 1.29 is 9.31 Å². The summed E-state index contributed by atoms with van der Waals surface area (Å²) in [4.78, 5) is 4.20. The lowest BCUT2D eigenvalue weighted by atomic mass is 9.83. The van der Waals surface area contributed by atoms with Crippen molar-refractivity contribution in [3.63, 3.8) is 0 Å². The van der Waals surface area contributed by atoms with Crippen molar-refractivity contribution in [3.05, 3.63) is 23.4 Å². The molecule has 88 valence electrons. The predicted molar refractivity (Wildman–Crippen MR) is 67.1 cm³/mol. The van der Waals surface area contributed by atoms with E-state index in [2.05, 4.69) is 4.98 Å². The summed E-state index contributed by atoms with van der Waals surface area (Å²) in [5, 5.41) is 0.564. The molecule has 0 aliphatic heterocycles. The van der Waals surface area contributed by atoms with Crippen LogP contribution in [0, 0.1) is 0 Å². The van der Waals surface area contributed by atoms with Crippen molar-refractivity contribution in [3.8, 4) is 0 Å². The van der Waals surface area contributed by atoms with Gasteiger partial charge in [0.15, 0.2) is 0 Å². The van der Waals surface area contributed by atoms with Gasteiger partial charge in [-0.25, -0.2) is 0 Å². The minimum Gasteiger partial charge on any atom is -0.404 e. The largest absolute Gasteiger partial charge is 0.515 e. The van der Waals surface area contributed by atoms with E-state index in [4.69, 9.17) is 20.9 Å². The molecule has 3 nitrogen and oxygen atoms in total. The van der Waals surface area contributed by atoms with Crippen molar-refractivity contribution in [2.75, 3.05) is 0 Å². The van der Waals surface area contributed by atoms with E-state index in [1.807, 2.05) is 27.7 Å². The van der Waals surface area contributed by atoms with Crippen molar-refractivity contribution in [2.24, 2.45) is 0 Å². The Labute approximate surface area is 102 Å². The Hall–Kier alpha value is -0.575. The fourth-order valence-electron chi connectivity index (χ4n) is 1.23. The average molecular weight is 242 g/mol. The molecule has 0 spiro atoms. The van der Waals surface area contributed by atoms with Gasteiger partial charge in [0.05, 0.1) is 10.6 Å². The first kappa shape index (κ1) is 13.5. The number of pyridine rings is 1. The van der Waals surface area contributed by atoms with Crippen molar-refractivity contribution in [1.82, 2.24) is 4.98 Å². The Kier molecular flexibility index (Phi) is 5.25. The van der Waals surface area contributed by atoms with Crippen LogP contribution in [-0.2, 0) is 9.31 Å². The summed E-state index contributed by atoms with van der Waals surface area (Å²) in [7, 11) is -0.506. The smallest absolute Gasteiger partial charge is 0.404 e. The number of hydrogen-bond acceptors (Lipinski definition) is 3.